The van der Waals surface area contributed by atoms with Crippen LogP contribution in [0.5, 0.6) is 0 Å². The van der Waals surface area contributed by atoms with E-state index in [0.29, 0.717) is 13.0 Å². The predicted molar refractivity (Wildman–Crippen MR) is 76.4 cm³/mol. The molecule has 1 saturated heterocycles. The van der Waals surface area contributed by atoms with Gasteiger partial charge in [-0.3, -0.25) is 4.79 Å². The molecular weight excluding hydrogens is 287 g/mol. The van der Waals surface area contributed by atoms with Gasteiger partial charge in [-0.25, -0.2) is 0 Å². The third-order valence-electron chi connectivity index (χ3n) is 4.00. The average Bonchev–Trinajstić information content (AvgIpc) is 2.99. The molecule has 0 aromatic carbocycles. The fraction of sp³-hybridized carbons (Fsp3) is 0.923. The Bertz CT molecular complexity index is 331. The maximum absolute atomic E-state index is 11.7. The van der Waals surface area contributed by atoms with Gasteiger partial charge in [0.15, 0.2) is 0 Å². The highest BCUT2D eigenvalue weighted by atomic mass is 35.5. The summed E-state index contributed by atoms with van der Waals surface area (Å²) >= 11 is 11.6. The van der Waals surface area contributed by atoms with Crippen molar-refractivity contribution < 1.29 is 9.90 Å². The maximum atomic E-state index is 11.7. The number of halogens is 2. The normalized spacial score (nSPS) is 28.9. The molecule has 2 N–H and O–H groups in total. The lowest BCUT2D eigenvalue weighted by atomic mass is 9.99. The van der Waals surface area contributed by atoms with Crippen LogP contribution in [0.2, 0.25) is 0 Å². The van der Waals surface area contributed by atoms with E-state index in [1.807, 2.05) is 0 Å². The number of likely N-dealkylation sites (tertiary alicyclic amines) is 1. The molecule has 0 radical (unpaired) electrons. The number of hydrogen-bond donors (Lipinski definition) is 2. The Hall–Kier alpha value is -0.0300. The fourth-order valence-electron chi connectivity index (χ4n) is 2.45. The van der Waals surface area contributed by atoms with Crippen LogP contribution in [0.4, 0.5) is 0 Å². The SMILES string of the molecule is CC1CCN(CC(O)CNC(=O)C2CC2(Cl)Cl)CC1. The lowest BCUT2D eigenvalue weighted by Gasteiger charge is -2.31. The molecule has 0 bridgehead atoms. The Morgan fingerprint density at radius 1 is 1.47 bits per heavy atom. The zero-order chi connectivity index (χ0) is 14.0. The van der Waals surface area contributed by atoms with Crippen LogP contribution < -0.4 is 5.32 Å². The number of alkyl halides is 2. The molecule has 4 nitrogen and oxygen atoms in total. The van der Waals surface area contributed by atoms with E-state index in [4.69, 9.17) is 23.2 Å². The number of amides is 1. The second-order valence-corrected chi connectivity index (χ2v) is 7.44. The van der Waals surface area contributed by atoms with Crippen LogP contribution in [0.1, 0.15) is 26.2 Å². The van der Waals surface area contributed by atoms with Gasteiger partial charge in [0.1, 0.15) is 4.33 Å². The zero-order valence-electron chi connectivity index (χ0n) is 11.2. The van der Waals surface area contributed by atoms with Gasteiger partial charge < -0.3 is 15.3 Å². The van der Waals surface area contributed by atoms with Crippen LogP contribution in [-0.4, -0.2) is 52.5 Å². The van der Waals surface area contributed by atoms with Gasteiger partial charge in [-0.1, -0.05) is 6.92 Å². The standard InChI is InChI=1S/C13H22Cl2N2O2/c1-9-2-4-17(5-3-9)8-10(18)7-16-12(19)11-6-13(11,14)15/h9-11,18H,2-8H2,1H3,(H,16,19). The first kappa shape index (κ1) is 15.4. The number of β-amino-alcohol motifs (C(OH)–C–C–N with tert-alkyl or cyclic N) is 1. The Balaban J connectivity index is 1.62. The van der Waals surface area contributed by atoms with E-state index in [1.54, 1.807) is 0 Å². The average molecular weight is 309 g/mol. The first-order valence-corrected chi connectivity index (χ1v) is 7.70. The maximum Gasteiger partial charge on any atom is 0.226 e. The van der Waals surface area contributed by atoms with Crippen LogP contribution in [0.25, 0.3) is 0 Å². The van der Waals surface area contributed by atoms with Crippen LogP contribution in [0.3, 0.4) is 0 Å². The minimum Gasteiger partial charge on any atom is -0.390 e. The van der Waals surface area contributed by atoms with E-state index >= 15 is 0 Å². The summed E-state index contributed by atoms with van der Waals surface area (Å²) in [5, 5.41) is 12.6. The number of hydrogen-bond acceptors (Lipinski definition) is 3. The minimum absolute atomic E-state index is 0.156. The Morgan fingerprint density at radius 3 is 2.58 bits per heavy atom. The number of nitrogens with one attached hydrogen (secondary N) is 1. The highest BCUT2D eigenvalue weighted by Gasteiger charge is 2.56. The Kier molecular flexibility index (Phi) is 4.99. The summed E-state index contributed by atoms with van der Waals surface area (Å²) in [5.41, 5.74) is 0. The van der Waals surface area contributed by atoms with Crippen molar-refractivity contribution in [2.45, 2.75) is 36.6 Å². The van der Waals surface area contributed by atoms with Gasteiger partial charge in [0.05, 0.1) is 12.0 Å². The summed E-state index contributed by atoms with van der Waals surface area (Å²) < 4.78 is -0.891. The van der Waals surface area contributed by atoms with E-state index in [2.05, 4.69) is 17.1 Å². The van der Waals surface area contributed by atoms with Crippen molar-refractivity contribution in [2.75, 3.05) is 26.2 Å². The third kappa shape index (κ3) is 4.48. The molecular formula is C13H22Cl2N2O2. The molecule has 1 amide bonds. The van der Waals surface area contributed by atoms with E-state index < -0.39 is 10.4 Å². The highest BCUT2D eigenvalue weighted by Crippen LogP contribution is 2.53. The first-order valence-electron chi connectivity index (χ1n) is 6.94. The molecule has 6 heteroatoms. The van der Waals surface area contributed by atoms with Crippen molar-refractivity contribution in [3.05, 3.63) is 0 Å². The van der Waals surface area contributed by atoms with Crippen molar-refractivity contribution in [3.8, 4) is 0 Å². The summed E-state index contributed by atoms with van der Waals surface area (Å²) in [7, 11) is 0. The highest BCUT2D eigenvalue weighted by molar-refractivity contribution is 6.52. The molecule has 2 unspecified atom stereocenters. The number of nitrogens with zero attached hydrogens (tertiary/aromatic N) is 1. The van der Waals surface area contributed by atoms with E-state index in [9.17, 15) is 9.90 Å². The van der Waals surface area contributed by atoms with Gasteiger partial charge >= 0.3 is 0 Å². The summed E-state index contributed by atoms with van der Waals surface area (Å²) in [4.78, 5) is 13.9. The number of rotatable bonds is 5. The Labute approximate surface area is 124 Å². The number of carbonyl (C=O) groups excluding carboxylic acids is 1. The molecule has 19 heavy (non-hydrogen) atoms. The smallest absolute Gasteiger partial charge is 0.226 e. The molecule has 1 aliphatic heterocycles. The molecule has 1 aliphatic carbocycles. The number of carbonyl (C=O) groups is 1. The molecule has 2 atom stereocenters. The van der Waals surface area contributed by atoms with E-state index in [0.717, 1.165) is 19.0 Å². The largest absolute Gasteiger partial charge is 0.390 e. The molecule has 0 aromatic heterocycles. The van der Waals surface area contributed by atoms with Crippen LogP contribution >= 0.6 is 23.2 Å². The molecule has 0 spiro atoms. The van der Waals surface area contributed by atoms with Crippen molar-refractivity contribution in [1.82, 2.24) is 10.2 Å². The van der Waals surface area contributed by atoms with Crippen LogP contribution in [0.15, 0.2) is 0 Å². The fourth-order valence-corrected chi connectivity index (χ4v) is 2.95. The molecule has 1 heterocycles. The lowest BCUT2D eigenvalue weighted by Crippen LogP contribution is -2.43. The Morgan fingerprint density at radius 2 is 2.05 bits per heavy atom. The van der Waals surface area contributed by atoms with E-state index in [1.165, 1.54) is 12.8 Å². The third-order valence-corrected chi connectivity index (χ3v) is 4.84. The second kappa shape index (κ2) is 6.17. The van der Waals surface area contributed by atoms with Crippen molar-refractivity contribution in [2.24, 2.45) is 11.8 Å². The van der Waals surface area contributed by atoms with Gasteiger partial charge in [0.25, 0.3) is 0 Å². The number of aliphatic hydroxyl groups is 1. The topological polar surface area (TPSA) is 52.6 Å². The van der Waals surface area contributed by atoms with Crippen LogP contribution in [-0.2, 0) is 4.79 Å². The van der Waals surface area contributed by atoms with E-state index in [-0.39, 0.29) is 18.4 Å². The van der Waals surface area contributed by atoms with Gasteiger partial charge in [-0.15, -0.1) is 23.2 Å². The summed E-state index contributed by atoms with van der Waals surface area (Å²) in [6.07, 6.45) is 2.34. The quantitative estimate of drug-likeness (QED) is 0.755. The van der Waals surface area contributed by atoms with Crippen molar-refractivity contribution >= 4 is 29.1 Å². The lowest BCUT2D eigenvalue weighted by molar-refractivity contribution is -0.122. The monoisotopic (exact) mass is 308 g/mol. The molecule has 110 valence electrons. The number of aliphatic hydroxyl groups excluding tert-OH is 1. The van der Waals surface area contributed by atoms with Crippen molar-refractivity contribution in [3.63, 3.8) is 0 Å². The van der Waals surface area contributed by atoms with Gasteiger partial charge in [-0.2, -0.15) is 0 Å². The van der Waals surface area contributed by atoms with Crippen LogP contribution in [0, 0.1) is 11.8 Å². The summed E-state index contributed by atoms with van der Waals surface area (Å²) in [6.45, 7) is 5.20. The molecule has 2 aliphatic rings. The number of piperidine rings is 1. The predicted octanol–water partition coefficient (Wildman–Crippen LogP) is 1.39. The summed E-state index contributed by atoms with van der Waals surface area (Å²) in [6, 6.07) is 0. The minimum atomic E-state index is -0.891. The molecule has 2 fully saturated rings. The van der Waals surface area contributed by atoms with Gasteiger partial charge in [0.2, 0.25) is 5.91 Å². The second-order valence-electron chi connectivity index (χ2n) is 5.90. The first-order chi connectivity index (χ1) is 8.88. The zero-order valence-corrected chi connectivity index (χ0v) is 12.8. The van der Waals surface area contributed by atoms with Gasteiger partial charge in [0, 0.05) is 13.1 Å². The molecule has 0 aromatic rings. The molecule has 2 rings (SSSR count). The molecule has 1 saturated carbocycles. The van der Waals surface area contributed by atoms with Crippen molar-refractivity contribution in [1.29, 1.82) is 0 Å². The van der Waals surface area contributed by atoms with Gasteiger partial charge in [-0.05, 0) is 38.3 Å². The summed E-state index contributed by atoms with van der Waals surface area (Å²) in [5.74, 6) is 0.304.